The lowest BCUT2D eigenvalue weighted by molar-refractivity contribution is -0.00335. The lowest BCUT2D eigenvalue weighted by Gasteiger charge is -2.49. The van der Waals surface area contributed by atoms with Gasteiger partial charge in [-0.3, -0.25) is 0 Å². The van der Waals surface area contributed by atoms with Crippen LogP contribution in [0.3, 0.4) is 0 Å². The quantitative estimate of drug-likeness (QED) is 0.145. The Morgan fingerprint density at radius 3 is 1.78 bits per heavy atom. The molecule has 4 bridgehead atoms. The number of benzene rings is 2. The molecule has 278 valence electrons. The molecule has 2 fully saturated rings. The van der Waals surface area contributed by atoms with Crippen molar-refractivity contribution in [3.8, 4) is 11.5 Å². The molecule has 0 unspecified atom stereocenters. The summed E-state index contributed by atoms with van der Waals surface area (Å²) in [7, 11) is 0. The smallest absolute Gasteiger partial charge is 0.115 e. The predicted octanol–water partition coefficient (Wildman–Crippen LogP) is 8.01. The molecule has 4 aliphatic carbocycles. The van der Waals surface area contributed by atoms with Gasteiger partial charge in [0.25, 0.3) is 0 Å². The number of phenolic OH excluding ortho intramolecular Hbond substituents is 2. The zero-order valence-electron chi connectivity index (χ0n) is 31.1. The molecule has 0 aromatic heterocycles. The van der Waals surface area contributed by atoms with Gasteiger partial charge in [0.1, 0.15) is 11.5 Å². The summed E-state index contributed by atoms with van der Waals surface area (Å²) in [5.41, 5.74) is 5.79. The van der Waals surface area contributed by atoms with Crippen LogP contribution < -0.4 is 5.32 Å². The van der Waals surface area contributed by atoms with E-state index in [4.69, 9.17) is 18.9 Å². The van der Waals surface area contributed by atoms with Crippen LogP contribution in [-0.4, -0.2) is 75.7 Å². The summed E-state index contributed by atoms with van der Waals surface area (Å²) >= 11 is 0. The summed E-state index contributed by atoms with van der Waals surface area (Å²) in [5, 5.41) is 24.4. The zero-order chi connectivity index (χ0) is 34.8. The first-order valence-corrected chi connectivity index (χ1v) is 20.1. The van der Waals surface area contributed by atoms with Crippen LogP contribution in [0.4, 0.5) is 0 Å². The Morgan fingerprint density at radius 1 is 0.620 bits per heavy atom. The second kappa shape index (κ2) is 18.1. The molecule has 2 saturated carbocycles. The third kappa shape index (κ3) is 9.06. The Hall–Kier alpha value is -2.16. The highest BCUT2D eigenvalue weighted by Crippen LogP contribution is 2.52. The highest BCUT2D eigenvalue weighted by Gasteiger charge is 2.46. The van der Waals surface area contributed by atoms with E-state index in [0.29, 0.717) is 75.6 Å². The second-order valence-electron chi connectivity index (χ2n) is 16.3. The molecule has 2 aromatic carbocycles. The predicted molar refractivity (Wildman–Crippen MR) is 199 cm³/mol. The van der Waals surface area contributed by atoms with Gasteiger partial charge in [-0.05, 0) is 121 Å². The number of hydrogen-bond acceptors (Lipinski definition) is 7. The SMILES string of the molecule is C[C@@]12CCCCC[C@@H](Cc3ccc(O)cc31)[C@@H]2CCCOCCOCCOCCOCCN[C@H]1[C@H]2CCCCC[C@]1(C)c1cc(O)ccc1C2. The molecular formula is C43H65NO6. The molecule has 0 spiro atoms. The molecule has 50 heavy (non-hydrogen) atoms. The molecule has 6 atom stereocenters. The van der Waals surface area contributed by atoms with Crippen molar-refractivity contribution in [2.45, 2.75) is 121 Å². The molecule has 4 aliphatic rings. The number of hydrogen-bond donors (Lipinski definition) is 3. The first-order chi connectivity index (χ1) is 24.4. The summed E-state index contributed by atoms with van der Waals surface area (Å²) in [5.74, 6) is 2.79. The molecule has 0 radical (unpaired) electrons. The third-order valence-corrected chi connectivity index (χ3v) is 13.0. The summed E-state index contributed by atoms with van der Waals surface area (Å²) < 4.78 is 23.4. The highest BCUT2D eigenvalue weighted by molar-refractivity contribution is 5.44. The van der Waals surface area contributed by atoms with Gasteiger partial charge >= 0.3 is 0 Å². The standard InChI is InChI=1S/C43H65NO6/c1-42-17-7-3-5-10-32(28-33-13-15-36(45)30-39(33)42)38(42)12-9-20-47-22-24-49-26-27-50-25-23-48-21-19-44-41-35-11-6-4-8-18-43(41,2)40-31-37(46)16-14-34(40)29-35/h13-16,30-32,35,38,41,44-46H,3-12,17-29H2,1-2H3/t32-,35-,38-,41-,42-,43+/m0/s1. The molecule has 0 saturated heterocycles. The van der Waals surface area contributed by atoms with Crippen molar-refractivity contribution in [2.75, 3.05) is 59.4 Å². The molecule has 7 nitrogen and oxygen atoms in total. The van der Waals surface area contributed by atoms with E-state index < -0.39 is 0 Å². The van der Waals surface area contributed by atoms with Crippen molar-refractivity contribution in [3.05, 3.63) is 58.7 Å². The topological polar surface area (TPSA) is 89.4 Å². The van der Waals surface area contributed by atoms with Crippen molar-refractivity contribution in [1.29, 1.82) is 0 Å². The Labute approximate surface area is 301 Å². The van der Waals surface area contributed by atoms with Crippen LogP contribution >= 0.6 is 0 Å². The van der Waals surface area contributed by atoms with E-state index in [9.17, 15) is 10.2 Å². The minimum atomic E-state index is 0.0387. The monoisotopic (exact) mass is 691 g/mol. The average molecular weight is 692 g/mol. The van der Waals surface area contributed by atoms with Crippen LogP contribution in [0.5, 0.6) is 11.5 Å². The molecular weight excluding hydrogens is 626 g/mol. The van der Waals surface area contributed by atoms with E-state index >= 15 is 0 Å². The van der Waals surface area contributed by atoms with Crippen molar-refractivity contribution in [3.63, 3.8) is 0 Å². The summed E-state index contributed by atoms with van der Waals surface area (Å²) in [4.78, 5) is 0. The van der Waals surface area contributed by atoms with E-state index in [1.165, 1.54) is 86.5 Å². The van der Waals surface area contributed by atoms with E-state index in [0.717, 1.165) is 44.8 Å². The summed E-state index contributed by atoms with van der Waals surface area (Å²) in [6.45, 7) is 10.6. The molecule has 6 rings (SSSR count). The van der Waals surface area contributed by atoms with Crippen LogP contribution in [0.25, 0.3) is 0 Å². The maximum absolute atomic E-state index is 10.3. The lowest BCUT2D eigenvalue weighted by atomic mass is 9.55. The molecule has 3 N–H and O–H groups in total. The van der Waals surface area contributed by atoms with Crippen molar-refractivity contribution in [1.82, 2.24) is 5.32 Å². The Morgan fingerprint density at radius 2 is 1.14 bits per heavy atom. The van der Waals surface area contributed by atoms with E-state index in [1.807, 2.05) is 18.2 Å². The van der Waals surface area contributed by atoms with Crippen LogP contribution in [0, 0.1) is 17.8 Å². The van der Waals surface area contributed by atoms with Gasteiger partial charge in [0.15, 0.2) is 0 Å². The van der Waals surface area contributed by atoms with Gasteiger partial charge in [-0.15, -0.1) is 0 Å². The molecule has 0 heterocycles. The number of aromatic hydroxyl groups is 2. The van der Waals surface area contributed by atoms with Gasteiger partial charge in [-0.2, -0.15) is 0 Å². The molecule has 0 aliphatic heterocycles. The van der Waals surface area contributed by atoms with Gasteiger partial charge < -0.3 is 34.5 Å². The van der Waals surface area contributed by atoms with Crippen LogP contribution in [0.15, 0.2) is 36.4 Å². The number of nitrogens with one attached hydrogen (secondary N) is 1. The van der Waals surface area contributed by atoms with Gasteiger partial charge in [0.2, 0.25) is 0 Å². The Balaban J connectivity index is 0.798. The normalized spacial score (nSPS) is 29.2. The number of ether oxygens (including phenoxy) is 4. The number of rotatable bonds is 17. The van der Waals surface area contributed by atoms with Crippen LogP contribution in [0.1, 0.15) is 113 Å². The van der Waals surface area contributed by atoms with E-state index in [-0.39, 0.29) is 10.8 Å². The maximum atomic E-state index is 10.3. The number of fused-ring (bicyclic) bond motifs is 8. The summed E-state index contributed by atoms with van der Waals surface area (Å²) in [6, 6.07) is 12.5. The Kier molecular flexibility index (Phi) is 13.6. The fourth-order valence-electron chi connectivity index (χ4n) is 10.5. The molecule has 7 heteroatoms. The molecule has 2 aromatic rings. The zero-order valence-corrected chi connectivity index (χ0v) is 31.1. The highest BCUT2D eigenvalue weighted by atomic mass is 16.6. The first-order valence-electron chi connectivity index (χ1n) is 20.1. The van der Waals surface area contributed by atoms with Gasteiger partial charge in [-0.1, -0.05) is 64.5 Å². The largest absolute Gasteiger partial charge is 0.508 e. The Bertz CT molecular complexity index is 1250. The van der Waals surface area contributed by atoms with E-state index in [2.05, 4.69) is 37.4 Å². The fourth-order valence-corrected chi connectivity index (χ4v) is 10.5. The van der Waals surface area contributed by atoms with Gasteiger partial charge in [0, 0.05) is 24.6 Å². The van der Waals surface area contributed by atoms with Crippen molar-refractivity contribution >= 4 is 0 Å². The first kappa shape index (κ1) is 37.6. The third-order valence-electron chi connectivity index (χ3n) is 13.0. The summed E-state index contributed by atoms with van der Waals surface area (Å²) in [6.07, 6.45) is 17.3. The minimum absolute atomic E-state index is 0.0387. The molecule has 0 amide bonds. The van der Waals surface area contributed by atoms with Crippen LogP contribution in [0.2, 0.25) is 0 Å². The maximum Gasteiger partial charge on any atom is 0.115 e. The van der Waals surface area contributed by atoms with Crippen LogP contribution in [-0.2, 0) is 42.6 Å². The van der Waals surface area contributed by atoms with E-state index in [1.54, 1.807) is 0 Å². The van der Waals surface area contributed by atoms with Gasteiger partial charge in [-0.25, -0.2) is 0 Å². The van der Waals surface area contributed by atoms with Crippen molar-refractivity contribution in [2.24, 2.45) is 17.8 Å². The number of phenols is 2. The second-order valence-corrected chi connectivity index (χ2v) is 16.3. The van der Waals surface area contributed by atoms with Gasteiger partial charge in [0.05, 0.1) is 46.2 Å². The van der Waals surface area contributed by atoms with Crippen molar-refractivity contribution < 1.29 is 29.2 Å². The lowest BCUT2D eigenvalue weighted by Crippen LogP contribution is -2.55. The fraction of sp³-hybridized carbons (Fsp3) is 0.721. The average Bonchev–Trinajstić information content (AvgIpc) is 3.09. The minimum Gasteiger partial charge on any atom is -0.508 e.